The number of amides is 4. The highest BCUT2D eigenvalue weighted by molar-refractivity contribution is 9.09. The number of rotatable bonds is 4. The number of carbonyl (C=O) groups is 4. The van der Waals surface area contributed by atoms with Crippen LogP contribution in [0, 0.1) is 17.8 Å². The molecule has 4 aliphatic rings. The van der Waals surface area contributed by atoms with Crippen molar-refractivity contribution in [3.8, 4) is 11.5 Å². The van der Waals surface area contributed by atoms with Gasteiger partial charge in [-0.15, -0.1) is 23.2 Å². The first kappa shape index (κ1) is 27.6. The summed E-state index contributed by atoms with van der Waals surface area (Å²) in [6.45, 7) is 0. The summed E-state index contributed by atoms with van der Waals surface area (Å²) < 4.78 is 5.38. The quantitative estimate of drug-likeness (QED) is 0.214. The van der Waals surface area contributed by atoms with Crippen LogP contribution in [0.2, 0.25) is 5.02 Å². The van der Waals surface area contributed by atoms with Crippen LogP contribution in [0.5, 0.6) is 11.5 Å². The fraction of sp³-hybridized carbons (Fsp3) is 0.357. The Balaban J connectivity index is 1.54. The topological polar surface area (TPSA) is 104 Å². The highest BCUT2D eigenvalue weighted by atomic mass is 79.9. The highest BCUT2D eigenvalue weighted by Gasteiger charge is 2.76. The van der Waals surface area contributed by atoms with Gasteiger partial charge in [0.15, 0.2) is 9.75 Å². The molecule has 0 radical (unpaired) electrons. The van der Waals surface area contributed by atoms with Crippen LogP contribution in [0.1, 0.15) is 24.3 Å². The molecule has 6 rings (SSSR count). The largest absolute Gasteiger partial charge is 0.508 e. The molecule has 208 valence electrons. The first-order valence-electron chi connectivity index (χ1n) is 12.5. The van der Waals surface area contributed by atoms with Crippen LogP contribution < -0.4 is 9.64 Å². The lowest BCUT2D eigenvalue weighted by molar-refractivity contribution is -0.138. The van der Waals surface area contributed by atoms with Crippen LogP contribution in [0.25, 0.3) is 0 Å². The second kappa shape index (κ2) is 9.48. The van der Waals surface area contributed by atoms with E-state index in [2.05, 4.69) is 15.9 Å². The van der Waals surface area contributed by atoms with E-state index in [1.54, 1.807) is 42.5 Å². The number of aromatic hydroxyl groups is 1. The Bertz CT molecular complexity index is 1520. The molecule has 0 bridgehead atoms. The summed E-state index contributed by atoms with van der Waals surface area (Å²) in [6.07, 6.45) is 1.87. The minimum Gasteiger partial charge on any atom is -0.508 e. The number of carbonyl (C=O) groups excluding carboxylic acids is 4. The first-order chi connectivity index (χ1) is 19.0. The number of allylic oxidation sites excluding steroid dienone is 2. The van der Waals surface area contributed by atoms with Gasteiger partial charge in [-0.25, -0.2) is 0 Å². The Labute approximate surface area is 252 Å². The van der Waals surface area contributed by atoms with Gasteiger partial charge in [0.1, 0.15) is 11.5 Å². The molecule has 0 aromatic heterocycles. The van der Waals surface area contributed by atoms with Crippen LogP contribution in [0.4, 0.5) is 5.69 Å². The molecule has 12 heteroatoms. The Morgan fingerprint density at radius 1 is 1.02 bits per heavy atom. The third kappa shape index (κ3) is 3.50. The fourth-order valence-corrected chi connectivity index (χ4v) is 8.38. The van der Waals surface area contributed by atoms with Crippen molar-refractivity contribution >= 4 is 80.0 Å². The molecule has 4 amide bonds. The number of halogens is 4. The third-order valence-electron chi connectivity index (χ3n) is 8.65. The van der Waals surface area contributed by atoms with Crippen molar-refractivity contribution in [1.29, 1.82) is 0 Å². The molecular formula is C28H22BrCl3N2O6. The van der Waals surface area contributed by atoms with E-state index in [-0.39, 0.29) is 35.5 Å². The molecule has 2 saturated heterocycles. The van der Waals surface area contributed by atoms with E-state index < -0.39 is 51.1 Å². The van der Waals surface area contributed by atoms with Crippen molar-refractivity contribution < 1.29 is 29.0 Å². The number of phenols is 1. The predicted molar refractivity (Wildman–Crippen MR) is 152 cm³/mol. The summed E-state index contributed by atoms with van der Waals surface area (Å²) >= 11 is 23.6. The SMILES string of the molecule is COc1ccc(O)c(C2C3=CCC4C(=O)N(c5ccc(Cl)cc5)C(=O)C4C3CC3(Cl)C(=O)N(CBr)C(=O)C23Cl)c1. The Kier molecular flexibility index (Phi) is 6.53. The van der Waals surface area contributed by atoms with Crippen LogP contribution in [0.3, 0.4) is 0 Å². The minimum absolute atomic E-state index is 0.137. The number of hydrogen-bond acceptors (Lipinski definition) is 6. The van der Waals surface area contributed by atoms with Gasteiger partial charge in [-0.05, 0) is 61.2 Å². The zero-order valence-electron chi connectivity index (χ0n) is 20.9. The fourth-order valence-electron chi connectivity index (χ4n) is 6.83. The van der Waals surface area contributed by atoms with E-state index >= 15 is 0 Å². The summed E-state index contributed by atoms with van der Waals surface area (Å²) in [5.74, 6) is -5.34. The number of nitrogens with zero attached hydrogens (tertiary/aromatic N) is 2. The second-order valence-electron chi connectivity index (χ2n) is 10.4. The predicted octanol–water partition coefficient (Wildman–Crippen LogP) is 4.97. The molecule has 6 unspecified atom stereocenters. The minimum atomic E-state index is -2.01. The number of anilines is 1. The number of ether oxygens (including phenoxy) is 1. The zero-order chi connectivity index (χ0) is 28.7. The van der Waals surface area contributed by atoms with Crippen molar-refractivity contribution in [3.63, 3.8) is 0 Å². The van der Waals surface area contributed by atoms with Gasteiger partial charge in [-0.3, -0.25) is 29.0 Å². The number of alkyl halides is 3. The normalized spacial score (nSPS) is 33.1. The maximum atomic E-state index is 14.0. The molecule has 2 aromatic rings. The van der Waals surface area contributed by atoms with Crippen LogP contribution >= 0.6 is 50.7 Å². The van der Waals surface area contributed by atoms with Crippen molar-refractivity contribution in [1.82, 2.24) is 4.90 Å². The number of benzene rings is 2. The lowest BCUT2D eigenvalue weighted by Gasteiger charge is -2.50. The van der Waals surface area contributed by atoms with Crippen molar-refractivity contribution in [2.24, 2.45) is 17.8 Å². The van der Waals surface area contributed by atoms with Crippen molar-refractivity contribution in [2.75, 3.05) is 17.5 Å². The van der Waals surface area contributed by atoms with Gasteiger partial charge in [0.05, 0.1) is 30.1 Å². The second-order valence-corrected chi connectivity index (χ2v) is 12.6. The summed E-state index contributed by atoms with van der Waals surface area (Å²) in [7, 11) is 1.46. The van der Waals surface area contributed by atoms with Crippen LogP contribution in [0.15, 0.2) is 54.1 Å². The molecule has 8 nitrogen and oxygen atoms in total. The first-order valence-corrected chi connectivity index (χ1v) is 14.8. The molecular weight excluding hydrogens is 647 g/mol. The Morgan fingerprint density at radius 3 is 2.38 bits per heavy atom. The molecule has 2 aliphatic heterocycles. The van der Waals surface area contributed by atoms with Crippen molar-refractivity contribution in [2.45, 2.75) is 28.5 Å². The highest BCUT2D eigenvalue weighted by Crippen LogP contribution is 2.66. The van der Waals surface area contributed by atoms with Gasteiger partial charge in [0, 0.05) is 16.5 Å². The van der Waals surface area contributed by atoms with E-state index in [0.29, 0.717) is 22.0 Å². The molecule has 0 spiro atoms. The molecule has 1 saturated carbocycles. The number of likely N-dealkylation sites (tertiary alicyclic amines) is 1. The summed E-state index contributed by atoms with van der Waals surface area (Å²) in [6, 6.07) is 10.9. The monoisotopic (exact) mass is 666 g/mol. The Morgan fingerprint density at radius 2 is 1.73 bits per heavy atom. The lowest BCUT2D eigenvalue weighted by atomic mass is 9.56. The van der Waals surface area contributed by atoms with Crippen molar-refractivity contribution in [3.05, 3.63) is 64.7 Å². The molecule has 2 aliphatic carbocycles. The maximum Gasteiger partial charge on any atom is 0.254 e. The summed E-state index contributed by atoms with van der Waals surface area (Å²) in [4.78, 5) is 53.2. The summed E-state index contributed by atoms with van der Waals surface area (Å²) in [5, 5.41) is 11.5. The molecule has 2 aromatic carbocycles. The van der Waals surface area contributed by atoms with E-state index in [0.717, 1.165) is 9.80 Å². The third-order valence-corrected chi connectivity index (χ3v) is 10.8. The van der Waals surface area contributed by atoms with Gasteiger partial charge in [-0.2, -0.15) is 0 Å². The molecule has 1 N–H and O–H groups in total. The van der Waals surface area contributed by atoms with Gasteiger partial charge in [-0.1, -0.05) is 39.2 Å². The average molecular weight is 669 g/mol. The maximum absolute atomic E-state index is 14.0. The number of phenolic OH excluding ortho intramolecular Hbond substituents is 1. The van der Waals surface area contributed by atoms with Gasteiger partial charge >= 0.3 is 0 Å². The number of imide groups is 2. The molecule has 40 heavy (non-hydrogen) atoms. The zero-order valence-corrected chi connectivity index (χ0v) is 24.8. The van der Waals surface area contributed by atoms with E-state index in [1.165, 1.54) is 13.2 Å². The van der Waals surface area contributed by atoms with E-state index in [1.807, 2.05) is 0 Å². The Hall–Kier alpha value is -2.59. The summed E-state index contributed by atoms with van der Waals surface area (Å²) in [5.41, 5.74) is 1.06. The van der Waals surface area contributed by atoms with Gasteiger partial charge in [0.25, 0.3) is 11.8 Å². The van der Waals surface area contributed by atoms with Gasteiger partial charge < -0.3 is 9.84 Å². The van der Waals surface area contributed by atoms with Crippen LogP contribution in [-0.2, 0) is 19.2 Å². The molecule has 6 atom stereocenters. The van der Waals surface area contributed by atoms with E-state index in [9.17, 15) is 24.3 Å². The number of fused-ring (bicyclic) bond motifs is 4. The standard InChI is InChI=1S/C28H22BrCl3N2O6/c1-40-15-6-9-20(35)18(10-15)22-16-7-8-17-21(24(37)34(23(17)36)14-4-2-13(30)3-5-14)19(16)11-27(31)25(38)33(12-29)26(39)28(22,27)32/h2-7,9-10,17,19,21-22,35H,8,11-12H2,1H3. The number of hydrogen-bond donors (Lipinski definition) is 1. The molecule has 3 fully saturated rings. The smallest absolute Gasteiger partial charge is 0.254 e. The molecule has 2 heterocycles. The van der Waals surface area contributed by atoms with Crippen LogP contribution in [-0.4, -0.2) is 55.9 Å². The average Bonchev–Trinajstić information content (AvgIpc) is 3.27. The number of methoxy groups -OCH3 is 1. The van der Waals surface area contributed by atoms with E-state index in [4.69, 9.17) is 39.5 Å². The lowest BCUT2D eigenvalue weighted by Crippen LogP contribution is -2.60. The van der Waals surface area contributed by atoms with Gasteiger partial charge in [0.2, 0.25) is 11.8 Å².